The van der Waals surface area contributed by atoms with E-state index in [0.717, 1.165) is 4.47 Å². The van der Waals surface area contributed by atoms with E-state index in [4.69, 9.17) is 5.73 Å². The molecule has 0 aromatic heterocycles. The van der Waals surface area contributed by atoms with Crippen molar-refractivity contribution in [1.29, 1.82) is 0 Å². The highest BCUT2D eigenvalue weighted by molar-refractivity contribution is 9.11. The number of hydrogen-bond donors (Lipinski definition) is 2. The smallest absolute Gasteiger partial charge is 0.307 e. The molecule has 0 radical (unpaired) electrons. The fraction of sp³-hybridized carbons (Fsp3) is 0.300. The van der Waals surface area contributed by atoms with E-state index >= 15 is 0 Å². The summed E-state index contributed by atoms with van der Waals surface area (Å²) in [6, 6.07) is 2.78. The Morgan fingerprint density at radius 3 is 2.75 bits per heavy atom. The molecule has 16 heavy (non-hydrogen) atoms. The number of hydrogen-bond acceptors (Lipinski definition) is 4. The molecule has 0 aliphatic carbocycles. The van der Waals surface area contributed by atoms with E-state index in [1.165, 1.54) is 7.11 Å². The maximum Gasteiger partial charge on any atom is 0.307 e. The van der Waals surface area contributed by atoms with Crippen molar-refractivity contribution >= 4 is 37.8 Å². The molecule has 4 nitrogen and oxygen atoms in total. The van der Waals surface area contributed by atoms with Crippen molar-refractivity contribution in [1.82, 2.24) is 0 Å². The molecule has 3 N–H and O–H groups in total. The summed E-state index contributed by atoms with van der Waals surface area (Å²) < 4.78 is 5.81. The number of aromatic hydroxyl groups is 1. The quantitative estimate of drug-likeness (QED) is 0.819. The van der Waals surface area contributed by atoms with E-state index in [2.05, 4.69) is 36.6 Å². The van der Waals surface area contributed by atoms with E-state index in [-0.39, 0.29) is 12.2 Å². The number of carbonyl (C=O) groups is 1. The number of methoxy groups -OCH3 is 1. The number of ether oxygens (including phenoxy) is 1. The maximum atomic E-state index is 11.1. The van der Waals surface area contributed by atoms with Gasteiger partial charge in [-0.1, -0.05) is 15.9 Å². The molecule has 0 heterocycles. The molecule has 6 heteroatoms. The van der Waals surface area contributed by atoms with Gasteiger partial charge < -0.3 is 15.6 Å². The van der Waals surface area contributed by atoms with Crippen LogP contribution in [0.25, 0.3) is 0 Å². The predicted molar refractivity (Wildman–Crippen MR) is 67.1 cm³/mol. The molecule has 1 rings (SSSR count). The van der Waals surface area contributed by atoms with Crippen LogP contribution >= 0.6 is 31.9 Å². The zero-order valence-corrected chi connectivity index (χ0v) is 11.7. The van der Waals surface area contributed by atoms with E-state index in [9.17, 15) is 9.90 Å². The Bertz CT molecular complexity index is 409. The zero-order chi connectivity index (χ0) is 12.3. The van der Waals surface area contributed by atoms with E-state index in [1.54, 1.807) is 12.1 Å². The summed E-state index contributed by atoms with van der Waals surface area (Å²) in [6.45, 7) is 0. The minimum absolute atomic E-state index is 0.0208. The number of esters is 1. The SMILES string of the molecule is COC(=O)C[C@@H](N)c1cc(Br)cc(Br)c1O. The van der Waals surface area contributed by atoms with Gasteiger partial charge in [-0.15, -0.1) is 0 Å². The Morgan fingerprint density at radius 1 is 1.56 bits per heavy atom. The second kappa shape index (κ2) is 5.65. The standard InChI is InChI=1S/C10H11Br2NO3/c1-16-9(14)4-8(13)6-2-5(11)3-7(12)10(6)15/h2-3,8,15H,4,13H2,1H3/t8-/m1/s1. The summed E-state index contributed by atoms with van der Waals surface area (Å²) in [5.74, 6) is -0.373. The Morgan fingerprint density at radius 2 is 2.19 bits per heavy atom. The summed E-state index contributed by atoms with van der Waals surface area (Å²) in [7, 11) is 1.30. The number of rotatable bonds is 3. The molecule has 0 aliphatic heterocycles. The summed E-state index contributed by atoms with van der Waals surface area (Å²) >= 11 is 6.48. The first-order valence-electron chi connectivity index (χ1n) is 4.46. The minimum Gasteiger partial charge on any atom is -0.506 e. The molecule has 0 unspecified atom stereocenters. The van der Waals surface area contributed by atoms with Crippen LogP contribution in [0.1, 0.15) is 18.0 Å². The minimum atomic E-state index is -0.596. The van der Waals surface area contributed by atoms with Gasteiger partial charge in [-0.2, -0.15) is 0 Å². The van der Waals surface area contributed by atoms with Gasteiger partial charge in [0.1, 0.15) is 5.75 Å². The number of carbonyl (C=O) groups excluding carboxylic acids is 1. The van der Waals surface area contributed by atoms with Crippen molar-refractivity contribution in [3.63, 3.8) is 0 Å². The van der Waals surface area contributed by atoms with Crippen molar-refractivity contribution in [2.24, 2.45) is 5.73 Å². The molecule has 88 valence electrons. The number of nitrogens with two attached hydrogens (primary N) is 1. The highest BCUT2D eigenvalue weighted by Gasteiger charge is 2.17. The highest BCUT2D eigenvalue weighted by atomic mass is 79.9. The largest absolute Gasteiger partial charge is 0.506 e. The fourth-order valence-electron chi connectivity index (χ4n) is 1.24. The molecular weight excluding hydrogens is 342 g/mol. The Labute approximate surface area is 110 Å². The van der Waals surface area contributed by atoms with Gasteiger partial charge in [-0.05, 0) is 28.1 Å². The summed E-state index contributed by atoms with van der Waals surface area (Å²) in [5.41, 5.74) is 6.30. The lowest BCUT2D eigenvalue weighted by Crippen LogP contribution is -2.16. The fourth-order valence-corrected chi connectivity index (χ4v) is 2.50. The first-order valence-corrected chi connectivity index (χ1v) is 6.04. The van der Waals surface area contributed by atoms with Crippen LogP contribution in [0.3, 0.4) is 0 Å². The van der Waals surface area contributed by atoms with Crippen molar-refractivity contribution < 1.29 is 14.6 Å². The molecule has 0 aliphatic rings. The van der Waals surface area contributed by atoms with Gasteiger partial charge in [0.15, 0.2) is 0 Å². The van der Waals surface area contributed by atoms with Crippen LogP contribution in [0, 0.1) is 0 Å². The molecule has 0 fully saturated rings. The first kappa shape index (κ1) is 13.5. The van der Waals surface area contributed by atoms with E-state index in [1.807, 2.05) is 0 Å². The molecular formula is C10H11Br2NO3. The lowest BCUT2D eigenvalue weighted by molar-refractivity contribution is -0.141. The summed E-state index contributed by atoms with van der Waals surface area (Å²) in [4.78, 5) is 11.1. The van der Waals surface area contributed by atoms with Crippen LogP contribution in [0.15, 0.2) is 21.1 Å². The third-order valence-corrected chi connectivity index (χ3v) is 3.13. The number of phenols is 1. The molecule has 1 aromatic rings. The van der Waals surface area contributed by atoms with Gasteiger partial charge in [-0.25, -0.2) is 0 Å². The molecule has 1 atom stereocenters. The molecule has 0 amide bonds. The van der Waals surface area contributed by atoms with Gasteiger partial charge in [0.2, 0.25) is 0 Å². The normalized spacial score (nSPS) is 12.2. The van der Waals surface area contributed by atoms with Crippen molar-refractivity contribution in [3.8, 4) is 5.75 Å². The summed E-state index contributed by atoms with van der Waals surface area (Å²) in [6.07, 6.45) is 0.0208. The highest BCUT2D eigenvalue weighted by Crippen LogP contribution is 2.35. The monoisotopic (exact) mass is 351 g/mol. The van der Waals surface area contributed by atoms with Crippen LogP contribution in [-0.2, 0) is 9.53 Å². The van der Waals surface area contributed by atoms with E-state index in [0.29, 0.717) is 10.0 Å². The molecule has 0 saturated carbocycles. The average molecular weight is 353 g/mol. The van der Waals surface area contributed by atoms with Crippen molar-refractivity contribution in [2.75, 3.05) is 7.11 Å². The lowest BCUT2D eigenvalue weighted by atomic mass is 10.0. The third-order valence-electron chi connectivity index (χ3n) is 2.07. The van der Waals surface area contributed by atoms with Crippen LogP contribution in [0.5, 0.6) is 5.75 Å². The molecule has 0 bridgehead atoms. The maximum absolute atomic E-state index is 11.1. The third kappa shape index (κ3) is 3.20. The number of phenolic OH excluding ortho intramolecular Hbond substituents is 1. The van der Waals surface area contributed by atoms with Crippen LogP contribution in [0.4, 0.5) is 0 Å². The molecule has 0 spiro atoms. The van der Waals surface area contributed by atoms with E-state index < -0.39 is 12.0 Å². The zero-order valence-electron chi connectivity index (χ0n) is 8.54. The van der Waals surface area contributed by atoms with Gasteiger partial charge in [0.25, 0.3) is 0 Å². The van der Waals surface area contributed by atoms with Crippen LogP contribution < -0.4 is 5.73 Å². The second-order valence-corrected chi connectivity index (χ2v) is 4.98. The van der Waals surface area contributed by atoms with Crippen LogP contribution in [0.2, 0.25) is 0 Å². The molecule has 1 aromatic carbocycles. The number of benzene rings is 1. The van der Waals surface area contributed by atoms with Crippen molar-refractivity contribution in [3.05, 3.63) is 26.6 Å². The molecule has 0 saturated heterocycles. The number of halogens is 2. The van der Waals surface area contributed by atoms with Gasteiger partial charge in [0, 0.05) is 16.1 Å². The second-order valence-electron chi connectivity index (χ2n) is 3.21. The topological polar surface area (TPSA) is 72.5 Å². The van der Waals surface area contributed by atoms with Crippen LogP contribution in [-0.4, -0.2) is 18.2 Å². The van der Waals surface area contributed by atoms with Gasteiger partial charge in [-0.3, -0.25) is 4.79 Å². The Kier molecular flexibility index (Phi) is 4.76. The lowest BCUT2D eigenvalue weighted by Gasteiger charge is -2.14. The predicted octanol–water partition coefficient (Wildman–Crippen LogP) is 2.48. The summed E-state index contributed by atoms with van der Waals surface area (Å²) in [5, 5.41) is 9.78. The Balaban J connectivity index is 2.99. The van der Waals surface area contributed by atoms with Gasteiger partial charge in [0.05, 0.1) is 18.0 Å². The van der Waals surface area contributed by atoms with Crippen molar-refractivity contribution in [2.45, 2.75) is 12.5 Å². The van der Waals surface area contributed by atoms with Gasteiger partial charge >= 0.3 is 5.97 Å². The first-order chi connectivity index (χ1) is 7.45. The Hall–Kier alpha value is -0.590. The average Bonchev–Trinajstić information content (AvgIpc) is 2.22.